The van der Waals surface area contributed by atoms with Gasteiger partial charge < -0.3 is 10.6 Å². The number of hydrogen-bond acceptors (Lipinski definition) is 6. The number of para-hydroxylation sites is 1. The van der Waals surface area contributed by atoms with E-state index in [1.165, 1.54) is 11.8 Å². The molecule has 2 unspecified atom stereocenters. The predicted octanol–water partition coefficient (Wildman–Crippen LogP) is 1.09. The van der Waals surface area contributed by atoms with Crippen LogP contribution in [0.2, 0.25) is 0 Å². The number of anilines is 1. The molecule has 0 aromatic heterocycles. The molecule has 1 amide bonds. The third-order valence-corrected chi connectivity index (χ3v) is 4.79. The van der Waals surface area contributed by atoms with E-state index in [-0.39, 0.29) is 17.3 Å². The molecule has 0 aliphatic carbocycles. The highest BCUT2D eigenvalue weighted by Crippen LogP contribution is 2.31. The van der Waals surface area contributed by atoms with Crippen LogP contribution in [0.15, 0.2) is 40.3 Å². The summed E-state index contributed by atoms with van der Waals surface area (Å²) < 4.78 is 0. The van der Waals surface area contributed by atoms with Gasteiger partial charge in [0, 0.05) is 18.8 Å². The second-order valence-corrected chi connectivity index (χ2v) is 6.23. The normalized spacial score (nSPS) is 27.2. The molecule has 0 saturated carbocycles. The van der Waals surface area contributed by atoms with E-state index in [4.69, 9.17) is 0 Å². The van der Waals surface area contributed by atoms with Gasteiger partial charge in [0.1, 0.15) is 11.4 Å². The maximum atomic E-state index is 12.5. The molecule has 7 heteroatoms. The number of rotatable bonds is 1. The molecule has 2 atom stereocenters. The molecule has 108 valence electrons. The first-order valence-electron chi connectivity index (χ1n) is 7.00. The molecule has 3 aliphatic heterocycles. The summed E-state index contributed by atoms with van der Waals surface area (Å²) in [5.74, 6) is 0.786. The van der Waals surface area contributed by atoms with Gasteiger partial charge in [-0.05, 0) is 18.6 Å². The van der Waals surface area contributed by atoms with Crippen molar-refractivity contribution >= 4 is 34.5 Å². The number of carbonyl (C=O) groups excluding carboxylic acids is 1. The van der Waals surface area contributed by atoms with Crippen LogP contribution in [0.3, 0.4) is 0 Å². The van der Waals surface area contributed by atoms with Gasteiger partial charge in [0.15, 0.2) is 5.17 Å². The van der Waals surface area contributed by atoms with E-state index in [9.17, 15) is 4.79 Å². The van der Waals surface area contributed by atoms with Crippen molar-refractivity contribution in [3.63, 3.8) is 0 Å². The largest absolute Gasteiger partial charge is 0.335 e. The first-order chi connectivity index (χ1) is 10.3. The Balaban J connectivity index is 1.54. The van der Waals surface area contributed by atoms with Crippen LogP contribution in [0.1, 0.15) is 6.42 Å². The van der Waals surface area contributed by atoms with Crippen LogP contribution in [0, 0.1) is 0 Å². The van der Waals surface area contributed by atoms with Crippen LogP contribution >= 0.6 is 11.8 Å². The number of nitrogens with zero attached hydrogens (tertiary/aromatic N) is 3. The number of amides is 1. The second kappa shape index (κ2) is 5.07. The number of guanidine groups is 1. The summed E-state index contributed by atoms with van der Waals surface area (Å²) in [6.45, 7) is 1.52. The highest BCUT2D eigenvalue weighted by molar-refractivity contribution is 8.15. The number of thioether (sulfide) groups is 1. The fraction of sp³-hybridized carbons (Fsp3) is 0.357. The lowest BCUT2D eigenvalue weighted by Crippen LogP contribution is -2.61. The van der Waals surface area contributed by atoms with Gasteiger partial charge in [-0.3, -0.25) is 14.7 Å². The molecule has 3 aliphatic rings. The summed E-state index contributed by atoms with van der Waals surface area (Å²) >= 11 is 1.48. The highest BCUT2D eigenvalue weighted by atomic mass is 32.2. The first kappa shape index (κ1) is 12.7. The van der Waals surface area contributed by atoms with Crippen molar-refractivity contribution in [3.8, 4) is 0 Å². The molecule has 1 aromatic carbocycles. The van der Waals surface area contributed by atoms with Crippen LogP contribution in [-0.4, -0.2) is 46.4 Å². The van der Waals surface area contributed by atoms with Gasteiger partial charge in [-0.2, -0.15) is 0 Å². The molecular formula is C14H15N5OS. The fourth-order valence-corrected chi connectivity index (χ4v) is 3.72. The van der Waals surface area contributed by atoms with Crippen molar-refractivity contribution in [2.75, 3.05) is 18.4 Å². The topological polar surface area (TPSA) is 69.1 Å². The van der Waals surface area contributed by atoms with E-state index in [2.05, 4.69) is 20.6 Å². The van der Waals surface area contributed by atoms with Crippen LogP contribution in [0.25, 0.3) is 0 Å². The third-order valence-electron chi connectivity index (χ3n) is 3.65. The Kier molecular flexibility index (Phi) is 3.07. The van der Waals surface area contributed by atoms with Gasteiger partial charge in [-0.1, -0.05) is 30.0 Å². The maximum Gasteiger partial charge on any atom is 0.247 e. The zero-order valence-electron chi connectivity index (χ0n) is 11.3. The van der Waals surface area contributed by atoms with Gasteiger partial charge in [-0.15, -0.1) is 0 Å². The molecule has 1 saturated heterocycles. The lowest BCUT2D eigenvalue weighted by molar-refractivity contribution is -0.128. The monoisotopic (exact) mass is 301 g/mol. The summed E-state index contributed by atoms with van der Waals surface area (Å²) in [6, 6.07) is 9.86. The number of aliphatic imine (C=N–C) groups is 2. The van der Waals surface area contributed by atoms with Gasteiger partial charge in [0.05, 0.1) is 0 Å². The fourth-order valence-electron chi connectivity index (χ4n) is 2.64. The summed E-state index contributed by atoms with van der Waals surface area (Å²) in [5.41, 5.74) is 0.977. The lowest BCUT2D eigenvalue weighted by atomic mass is 10.2. The average Bonchev–Trinajstić information content (AvgIpc) is 2.91. The van der Waals surface area contributed by atoms with Gasteiger partial charge in [0.2, 0.25) is 11.9 Å². The van der Waals surface area contributed by atoms with Crippen molar-refractivity contribution in [2.24, 2.45) is 9.98 Å². The molecule has 0 bridgehead atoms. The zero-order chi connectivity index (χ0) is 14.2. The smallest absolute Gasteiger partial charge is 0.247 e. The van der Waals surface area contributed by atoms with E-state index >= 15 is 0 Å². The quantitative estimate of drug-likeness (QED) is 0.814. The predicted molar refractivity (Wildman–Crippen MR) is 84.4 cm³/mol. The summed E-state index contributed by atoms with van der Waals surface area (Å²) in [4.78, 5) is 23.2. The standard InChI is InChI=1S/C14H15N5OS/c20-12-10-11(17-13-15-7-4-8-19(12)13)18-14(21-10)16-9-5-2-1-3-6-9/h1-3,5-6,10-11H,4,7-8H2,(H,15,17)(H,16,18). The second-order valence-electron chi connectivity index (χ2n) is 5.10. The van der Waals surface area contributed by atoms with E-state index in [0.29, 0.717) is 5.96 Å². The number of hydrogen-bond donors (Lipinski definition) is 2. The van der Waals surface area contributed by atoms with Gasteiger partial charge in [-0.25, -0.2) is 4.99 Å². The van der Waals surface area contributed by atoms with Crippen molar-refractivity contribution in [2.45, 2.75) is 17.8 Å². The van der Waals surface area contributed by atoms with Crippen LogP contribution in [0.4, 0.5) is 5.69 Å². The highest BCUT2D eigenvalue weighted by Gasteiger charge is 2.45. The summed E-state index contributed by atoms with van der Waals surface area (Å²) in [7, 11) is 0. The minimum Gasteiger partial charge on any atom is -0.335 e. The Morgan fingerprint density at radius 2 is 2.19 bits per heavy atom. The molecule has 3 heterocycles. The van der Waals surface area contributed by atoms with Gasteiger partial charge in [0.25, 0.3) is 0 Å². The Bertz CT molecular complexity index is 630. The third kappa shape index (κ3) is 2.27. The average molecular weight is 301 g/mol. The SMILES string of the molecule is O=C1C2SC(Nc3ccccc3)=NC2NC2=NCCCN12. The van der Waals surface area contributed by atoms with E-state index in [1.807, 2.05) is 30.3 Å². The molecule has 0 spiro atoms. The van der Waals surface area contributed by atoms with Crippen molar-refractivity contribution in [1.29, 1.82) is 0 Å². The molecule has 6 nitrogen and oxygen atoms in total. The number of carbonyl (C=O) groups is 1. The number of nitrogens with one attached hydrogen (secondary N) is 2. The minimum atomic E-state index is -0.221. The summed E-state index contributed by atoms with van der Waals surface area (Å²) in [6.07, 6.45) is 0.705. The van der Waals surface area contributed by atoms with Crippen LogP contribution in [-0.2, 0) is 4.79 Å². The first-order valence-corrected chi connectivity index (χ1v) is 7.88. The Morgan fingerprint density at radius 1 is 1.33 bits per heavy atom. The molecule has 0 radical (unpaired) electrons. The molecule has 21 heavy (non-hydrogen) atoms. The molecule has 1 fully saturated rings. The van der Waals surface area contributed by atoms with E-state index < -0.39 is 0 Å². The molecule has 1 aromatic rings. The number of fused-ring (bicyclic) bond motifs is 2. The zero-order valence-corrected chi connectivity index (χ0v) is 12.1. The Morgan fingerprint density at radius 3 is 3.05 bits per heavy atom. The molecule has 2 N–H and O–H groups in total. The Hall–Kier alpha value is -2.02. The Labute approximate surface area is 126 Å². The van der Waals surface area contributed by atoms with Gasteiger partial charge >= 0.3 is 0 Å². The van der Waals surface area contributed by atoms with Crippen LogP contribution in [0.5, 0.6) is 0 Å². The van der Waals surface area contributed by atoms with E-state index in [0.717, 1.165) is 30.4 Å². The minimum absolute atomic E-state index is 0.107. The lowest BCUT2D eigenvalue weighted by Gasteiger charge is -2.36. The molecule has 4 rings (SSSR count). The van der Waals surface area contributed by atoms with Crippen molar-refractivity contribution in [1.82, 2.24) is 10.2 Å². The number of benzene rings is 1. The number of amidine groups is 1. The maximum absolute atomic E-state index is 12.5. The van der Waals surface area contributed by atoms with Crippen molar-refractivity contribution < 1.29 is 4.79 Å². The molecular weight excluding hydrogens is 286 g/mol. The summed E-state index contributed by atoms with van der Waals surface area (Å²) in [5, 5.41) is 7.11. The van der Waals surface area contributed by atoms with Crippen molar-refractivity contribution in [3.05, 3.63) is 30.3 Å². The van der Waals surface area contributed by atoms with E-state index in [1.54, 1.807) is 4.90 Å². The van der Waals surface area contributed by atoms with Crippen LogP contribution < -0.4 is 10.6 Å².